The number of carboxylic acids is 1. The van der Waals surface area contributed by atoms with Crippen LogP contribution in [0.1, 0.15) is 39.0 Å². The first-order valence-electron chi connectivity index (χ1n) is 6.85. The molecule has 110 valence electrons. The van der Waals surface area contributed by atoms with Gasteiger partial charge in [0.15, 0.2) is 0 Å². The maximum atomic E-state index is 12.4. The average Bonchev–Trinajstić information content (AvgIpc) is 2.38. The minimum absolute atomic E-state index is 0.00712. The molecule has 2 fully saturated rings. The minimum Gasteiger partial charge on any atom is -0.481 e. The van der Waals surface area contributed by atoms with Crippen molar-refractivity contribution >= 4 is 28.5 Å². The van der Waals surface area contributed by atoms with Crippen molar-refractivity contribution in [1.82, 2.24) is 0 Å². The van der Waals surface area contributed by atoms with Crippen LogP contribution in [0.3, 0.4) is 0 Å². The lowest BCUT2D eigenvalue weighted by Crippen LogP contribution is -2.46. The first kappa shape index (κ1) is 15.3. The Bertz CT molecular complexity index is 347. The average molecular weight is 306 g/mol. The number of aliphatic carboxylic acids is 1. The van der Waals surface area contributed by atoms with Gasteiger partial charge in [-0.05, 0) is 37.2 Å². The lowest BCUT2D eigenvalue weighted by atomic mass is 9.88. The van der Waals surface area contributed by atoms with Crippen molar-refractivity contribution in [3.05, 3.63) is 0 Å². The molecular formula is C13H22O4S2. The molecule has 0 aliphatic carbocycles. The van der Waals surface area contributed by atoms with E-state index in [0.29, 0.717) is 6.61 Å². The molecule has 0 aromatic carbocycles. The van der Waals surface area contributed by atoms with Crippen LogP contribution < -0.4 is 0 Å². The Morgan fingerprint density at radius 3 is 2.84 bits per heavy atom. The number of carboxylic acid groups (broad SMARTS) is 1. The maximum absolute atomic E-state index is 12.4. The summed E-state index contributed by atoms with van der Waals surface area (Å²) in [5.41, 5.74) is -0.0766. The normalized spacial score (nSPS) is 29.8. The van der Waals surface area contributed by atoms with E-state index in [2.05, 4.69) is 0 Å². The molecular weight excluding hydrogens is 284 g/mol. The Labute approximate surface area is 121 Å². The summed E-state index contributed by atoms with van der Waals surface area (Å²) in [5, 5.41) is 8.65. The van der Waals surface area contributed by atoms with E-state index in [1.165, 1.54) is 0 Å². The Morgan fingerprint density at radius 2 is 2.21 bits per heavy atom. The zero-order chi connectivity index (χ0) is 13.9. The Balaban J connectivity index is 1.96. The number of thioether (sulfide) groups is 1. The quantitative estimate of drug-likeness (QED) is 0.861. The van der Waals surface area contributed by atoms with Gasteiger partial charge in [-0.15, -0.1) is 0 Å². The predicted octanol–water partition coefficient (Wildman–Crippen LogP) is 2.04. The molecule has 0 aromatic rings. The fourth-order valence-corrected chi connectivity index (χ4v) is 5.93. The smallest absolute Gasteiger partial charge is 0.304 e. The first-order chi connectivity index (χ1) is 9.02. The standard InChI is InChI=1S/C13H22O4S2/c1-10(8-12(14)15)19(16)11-2-5-17-13(9-11)3-6-18-7-4-13/h10-11H,2-9H2,1H3,(H,14,15). The molecule has 2 aliphatic rings. The highest BCUT2D eigenvalue weighted by Crippen LogP contribution is 2.39. The highest BCUT2D eigenvalue weighted by atomic mass is 32.2. The third-order valence-electron chi connectivity index (χ3n) is 4.04. The van der Waals surface area contributed by atoms with Gasteiger partial charge in [-0.2, -0.15) is 11.8 Å². The van der Waals surface area contributed by atoms with Crippen molar-refractivity contribution in [2.75, 3.05) is 18.1 Å². The van der Waals surface area contributed by atoms with E-state index >= 15 is 0 Å². The molecule has 0 radical (unpaired) electrons. The van der Waals surface area contributed by atoms with E-state index in [9.17, 15) is 9.00 Å². The van der Waals surface area contributed by atoms with Crippen LogP contribution in [-0.2, 0) is 20.3 Å². The van der Waals surface area contributed by atoms with Gasteiger partial charge in [-0.25, -0.2) is 0 Å². The van der Waals surface area contributed by atoms with Crippen LogP contribution >= 0.6 is 11.8 Å². The number of rotatable bonds is 4. The number of carbonyl (C=O) groups is 1. The van der Waals surface area contributed by atoms with Gasteiger partial charge in [-0.1, -0.05) is 6.92 Å². The fourth-order valence-electron chi connectivity index (χ4n) is 2.93. The molecule has 2 heterocycles. The number of hydrogen-bond donors (Lipinski definition) is 1. The molecule has 1 N–H and O–H groups in total. The second-order valence-electron chi connectivity index (χ2n) is 5.50. The van der Waals surface area contributed by atoms with Crippen LogP contribution in [0.25, 0.3) is 0 Å². The van der Waals surface area contributed by atoms with Crippen LogP contribution in [0.15, 0.2) is 0 Å². The molecule has 2 rings (SSSR count). The van der Waals surface area contributed by atoms with Gasteiger partial charge in [0.25, 0.3) is 0 Å². The van der Waals surface area contributed by atoms with E-state index in [-0.39, 0.29) is 22.5 Å². The van der Waals surface area contributed by atoms with Crippen LogP contribution in [0.5, 0.6) is 0 Å². The highest BCUT2D eigenvalue weighted by molar-refractivity contribution is 7.99. The third-order valence-corrected chi connectivity index (χ3v) is 7.04. The molecule has 0 saturated carbocycles. The third kappa shape index (κ3) is 3.95. The SMILES string of the molecule is CC(CC(=O)O)S(=O)C1CCOC2(CCSCC2)C1. The van der Waals surface area contributed by atoms with Gasteiger partial charge in [-0.3, -0.25) is 9.00 Å². The summed E-state index contributed by atoms with van der Waals surface area (Å²) < 4.78 is 18.4. The summed E-state index contributed by atoms with van der Waals surface area (Å²) in [4.78, 5) is 10.7. The minimum atomic E-state index is -1.07. The Morgan fingerprint density at radius 1 is 1.53 bits per heavy atom. The fraction of sp³-hybridized carbons (Fsp3) is 0.923. The first-order valence-corrected chi connectivity index (χ1v) is 9.28. The molecule has 2 aliphatic heterocycles. The van der Waals surface area contributed by atoms with Crippen molar-refractivity contribution < 1.29 is 18.8 Å². The highest BCUT2D eigenvalue weighted by Gasteiger charge is 2.41. The van der Waals surface area contributed by atoms with Crippen molar-refractivity contribution in [3.8, 4) is 0 Å². The van der Waals surface area contributed by atoms with Crippen molar-refractivity contribution in [2.24, 2.45) is 0 Å². The summed E-state index contributed by atoms with van der Waals surface area (Å²) in [6, 6.07) is 0. The molecule has 0 aromatic heterocycles. The van der Waals surface area contributed by atoms with Crippen LogP contribution in [-0.4, -0.2) is 49.5 Å². The Kier molecular flexibility index (Phi) is 5.31. The summed E-state index contributed by atoms with van der Waals surface area (Å²) in [5.74, 6) is 1.37. The molecule has 4 nitrogen and oxygen atoms in total. The molecule has 1 spiro atoms. The summed E-state index contributed by atoms with van der Waals surface area (Å²) >= 11 is 1.95. The molecule has 6 heteroatoms. The number of hydrogen-bond acceptors (Lipinski definition) is 4. The van der Waals surface area contributed by atoms with Gasteiger partial charge < -0.3 is 9.84 Å². The molecule has 0 bridgehead atoms. The Hall–Kier alpha value is -0.0700. The van der Waals surface area contributed by atoms with E-state index in [0.717, 1.165) is 37.2 Å². The van der Waals surface area contributed by atoms with E-state index < -0.39 is 16.8 Å². The van der Waals surface area contributed by atoms with E-state index in [4.69, 9.17) is 9.84 Å². The van der Waals surface area contributed by atoms with E-state index in [1.54, 1.807) is 6.92 Å². The van der Waals surface area contributed by atoms with Gasteiger partial charge in [0.2, 0.25) is 0 Å². The topological polar surface area (TPSA) is 63.6 Å². The van der Waals surface area contributed by atoms with Crippen molar-refractivity contribution in [2.45, 2.75) is 55.1 Å². The van der Waals surface area contributed by atoms with Gasteiger partial charge >= 0.3 is 5.97 Å². The van der Waals surface area contributed by atoms with Crippen molar-refractivity contribution in [3.63, 3.8) is 0 Å². The van der Waals surface area contributed by atoms with Crippen molar-refractivity contribution in [1.29, 1.82) is 0 Å². The van der Waals surface area contributed by atoms with E-state index in [1.807, 2.05) is 11.8 Å². The molecule has 0 amide bonds. The number of ether oxygens (including phenoxy) is 1. The zero-order valence-corrected chi connectivity index (χ0v) is 12.9. The summed E-state index contributed by atoms with van der Waals surface area (Å²) in [7, 11) is -1.07. The largest absolute Gasteiger partial charge is 0.481 e. The molecule has 3 atom stereocenters. The predicted molar refractivity (Wildman–Crippen MR) is 78.1 cm³/mol. The van der Waals surface area contributed by atoms with Crippen LogP contribution in [0.4, 0.5) is 0 Å². The van der Waals surface area contributed by atoms with Crippen LogP contribution in [0, 0.1) is 0 Å². The van der Waals surface area contributed by atoms with Gasteiger partial charge in [0, 0.05) is 27.9 Å². The van der Waals surface area contributed by atoms with Gasteiger partial charge in [0.1, 0.15) is 0 Å². The monoisotopic (exact) mass is 306 g/mol. The second-order valence-corrected chi connectivity index (χ2v) is 8.85. The molecule has 19 heavy (non-hydrogen) atoms. The van der Waals surface area contributed by atoms with Gasteiger partial charge in [0.05, 0.1) is 12.0 Å². The molecule has 2 saturated heterocycles. The second kappa shape index (κ2) is 6.59. The lowest BCUT2D eigenvalue weighted by molar-refractivity contribution is -0.136. The summed E-state index contributed by atoms with van der Waals surface area (Å²) in [6.45, 7) is 2.45. The molecule has 3 unspecified atom stereocenters. The van der Waals surface area contributed by atoms with Crippen LogP contribution in [0.2, 0.25) is 0 Å². The zero-order valence-electron chi connectivity index (χ0n) is 11.3. The maximum Gasteiger partial charge on any atom is 0.304 e. The lowest BCUT2D eigenvalue weighted by Gasteiger charge is -2.43. The summed E-state index contributed by atoms with van der Waals surface area (Å²) in [6.07, 6.45) is 3.71.